The molecule has 0 bridgehead atoms. The number of likely N-dealkylation sites (N-methyl/N-ethyl adjacent to an activating group) is 1. The van der Waals surface area contributed by atoms with Crippen molar-refractivity contribution in [3.63, 3.8) is 0 Å². The first-order valence-electron chi connectivity index (χ1n) is 8.52. The normalized spacial score (nSPS) is 22.5. The van der Waals surface area contributed by atoms with Gasteiger partial charge in [0.25, 0.3) is 0 Å². The lowest BCUT2D eigenvalue weighted by molar-refractivity contribution is -0.122. The summed E-state index contributed by atoms with van der Waals surface area (Å²) in [5, 5.41) is 0.473. The van der Waals surface area contributed by atoms with E-state index in [0.717, 1.165) is 11.3 Å². The molecule has 1 fully saturated rings. The Hall–Kier alpha value is -2.09. The lowest BCUT2D eigenvalue weighted by Crippen LogP contribution is -2.42. The molecule has 0 radical (unpaired) electrons. The van der Waals surface area contributed by atoms with Crippen LogP contribution in [0.1, 0.15) is 12.0 Å². The standard InChI is InChI=1S/C19H19ClN2O4S/c1-21-17-8-5-14(26-2)11-16(17)19(18(21)23)9-10-22(12-19)27(24,25)15-6-3-13(20)4-7-15/h3-8,11H,9-10,12H2,1-2H3. The molecule has 0 aromatic heterocycles. The fourth-order valence-electron chi connectivity index (χ4n) is 3.99. The fraction of sp³-hybridized carbons (Fsp3) is 0.316. The summed E-state index contributed by atoms with van der Waals surface area (Å²) < 4.78 is 32.8. The molecule has 1 unspecified atom stereocenters. The molecule has 0 N–H and O–H groups in total. The third-order valence-corrected chi connectivity index (χ3v) is 7.59. The molecule has 1 saturated heterocycles. The van der Waals surface area contributed by atoms with Gasteiger partial charge in [-0.1, -0.05) is 11.6 Å². The van der Waals surface area contributed by atoms with Gasteiger partial charge in [-0.2, -0.15) is 4.31 Å². The Labute approximate surface area is 163 Å². The number of hydrogen-bond donors (Lipinski definition) is 0. The molecule has 2 aromatic carbocycles. The number of methoxy groups -OCH3 is 1. The third-order valence-electron chi connectivity index (χ3n) is 5.48. The quantitative estimate of drug-likeness (QED) is 0.786. The van der Waals surface area contributed by atoms with Gasteiger partial charge in [-0.15, -0.1) is 0 Å². The van der Waals surface area contributed by atoms with Crippen LogP contribution in [0.15, 0.2) is 47.4 Å². The average Bonchev–Trinajstić information content (AvgIpc) is 3.21. The van der Waals surface area contributed by atoms with Gasteiger partial charge in [0.1, 0.15) is 5.75 Å². The summed E-state index contributed by atoms with van der Waals surface area (Å²) in [4.78, 5) is 14.9. The Kier molecular flexibility index (Phi) is 4.21. The smallest absolute Gasteiger partial charge is 0.243 e. The molecule has 1 spiro atoms. The highest BCUT2D eigenvalue weighted by Gasteiger charge is 2.55. The summed E-state index contributed by atoms with van der Waals surface area (Å²) in [7, 11) is -0.414. The van der Waals surface area contributed by atoms with Gasteiger partial charge in [-0.25, -0.2) is 8.42 Å². The molecular weight excluding hydrogens is 388 g/mol. The van der Waals surface area contributed by atoms with Crippen LogP contribution in [0, 0.1) is 0 Å². The second kappa shape index (κ2) is 6.22. The maximum Gasteiger partial charge on any atom is 0.243 e. The average molecular weight is 407 g/mol. The molecule has 2 aromatic rings. The van der Waals surface area contributed by atoms with Crippen LogP contribution in [0.2, 0.25) is 5.02 Å². The predicted octanol–water partition coefficient (Wildman–Crippen LogP) is 2.66. The molecule has 2 aliphatic heterocycles. The van der Waals surface area contributed by atoms with Crippen LogP contribution in [0.3, 0.4) is 0 Å². The summed E-state index contributed by atoms with van der Waals surface area (Å²) in [5.41, 5.74) is 0.743. The number of hydrogen-bond acceptors (Lipinski definition) is 4. The summed E-state index contributed by atoms with van der Waals surface area (Å²) in [6.45, 7) is 0.391. The van der Waals surface area contributed by atoms with E-state index in [0.29, 0.717) is 17.2 Å². The van der Waals surface area contributed by atoms with Crippen LogP contribution in [-0.2, 0) is 20.2 Å². The number of benzene rings is 2. The van der Waals surface area contributed by atoms with Gasteiger partial charge in [0.05, 0.1) is 17.4 Å². The molecule has 1 atom stereocenters. The number of amides is 1. The first-order chi connectivity index (χ1) is 12.8. The maximum absolute atomic E-state index is 13.1. The van der Waals surface area contributed by atoms with E-state index in [1.807, 2.05) is 12.1 Å². The van der Waals surface area contributed by atoms with Gasteiger partial charge in [-0.05, 0) is 54.4 Å². The highest BCUT2D eigenvalue weighted by molar-refractivity contribution is 7.89. The Morgan fingerprint density at radius 2 is 1.85 bits per heavy atom. The third kappa shape index (κ3) is 2.64. The van der Waals surface area contributed by atoms with Crippen LogP contribution >= 0.6 is 11.6 Å². The molecule has 142 valence electrons. The van der Waals surface area contributed by atoms with Gasteiger partial charge < -0.3 is 9.64 Å². The summed E-state index contributed by atoms with van der Waals surface area (Å²) in [5.74, 6) is 0.565. The van der Waals surface area contributed by atoms with E-state index in [9.17, 15) is 13.2 Å². The van der Waals surface area contributed by atoms with Crippen LogP contribution in [0.25, 0.3) is 0 Å². The highest BCUT2D eigenvalue weighted by Crippen LogP contribution is 2.48. The van der Waals surface area contributed by atoms with Crippen molar-refractivity contribution in [1.29, 1.82) is 0 Å². The number of sulfonamides is 1. The summed E-state index contributed by atoms with van der Waals surface area (Å²) in [6, 6.07) is 11.6. The molecule has 27 heavy (non-hydrogen) atoms. The molecule has 4 rings (SSSR count). The van der Waals surface area contributed by atoms with Crippen molar-refractivity contribution in [2.24, 2.45) is 0 Å². The van der Waals surface area contributed by atoms with Gasteiger partial charge >= 0.3 is 0 Å². The van der Waals surface area contributed by atoms with Crippen molar-refractivity contribution in [2.45, 2.75) is 16.7 Å². The van der Waals surface area contributed by atoms with E-state index in [1.54, 1.807) is 37.3 Å². The van der Waals surface area contributed by atoms with E-state index in [2.05, 4.69) is 0 Å². The van der Waals surface area contributed by atoms with Crippen molar-refractivity contribution in [3.8, 4) is 5.75 Å². The van der Waals surface area contributed by atoms with Crippen LogP contribution in [0.4, 0.5) is 5.69 Å². The minimum Gasteiger partial charge on any atom is -0.497 e. The van der Waals surface area contributed by atoms with E-state index < -0.39 is 15.4 Å². The first kappa shape index (κ1) is 18.3. The monoisotopic (exact) mass is 406 g/mol. The summed E-state index contributed by atoms with van der Waals surface area (Å²) >= 11 is 5.87. The van der Waals surface area contributed by atoms with Crippen molar-refractivity contribution in [1.82, 2.24) is 4.31 Å². The second-order valence-corrected chi connectivity index (χ2v) is 9.25. The van der Waals surface area contributed by atoms with Gasteiger partial charge in [0, 0.05) is 30.8 Å². The number of carbonyl (C=O) groups excluding carboxylic acids is 1. The number of nitrogens with zero attached hydrogens (tertiary/aromatic N) is 2. The largest absolute Gasteiger partial charge is 0.497 e. The lowest BCUT2D eigenvalue weighted by atomic mass is 9.81. The Morgan fingerprint density at radius 1 is 1.15 bits per heavy atom. The number of fused-ring (bicyclic) bond motifs is 2. The Balaban J connectivity index is 1.74. The number of ether oxygens (including phenoxy) is 1. The topological polar surface area (TPSA) is 66.9 Å². The van der Waals surface area contributed by atoms with Crippen molar-refractivity contribution >= 4 is 33.2 Å². The molecule has 2 heterocycles. The fourth-order valence-corrected chi connectivity index (χ4v) is 5.62. The lowest BCUT2D eigenvalue weighted by Gasteiger charge is -2.23. The van der Waals surface area contributed by atoms with E-state index in [1.165, 1.54) is 16.4 Å². The van der Waals surface area contributed by atoms with E-state index >= 15 is 0 Å². The zero-order valence-electron chi connectivity index (χ0n) is 15.0. The number of carbonyl (C=O) groups is 1. The highest BCUT2D eigenvalue weighted by atomic mass is 35.5. The molecule has 1 amide bonds. The first-order valence-corrected chi connectivity index (χ1v) is 10.3. The molecule has 0 aliphatic carbocycles. The van der Waals surface area contributed by atoms with Crippen molar-refractivity contribution in [2.75, 3.05) is 32.1 Å². The Bertz CT molecular complexity index is 1020. The number of rotatable bonds is 3. The van der Waals surface area contributed by atoms with Gasteiger partial charge in [-0.3, -0.25) is 4.79 Å². The van der Waals surface area contributed by atoms with Crippen molar-refractivity contribution < 1.29 is 17.9 Å². The minimum atomic E-state index is -3.71. The number of halogens is 1. The van der Waals surface area contributed by atoms with Crippen LogP contribution in [-0.4, -0.2) is 45.9 Å². The van der Waals surface area contributed by atoms with Gasteiger partial charge in [0.15, 0.2) is 0 Å². The summed E-state index contributed by atoms with van der Waals surface area (Å²) in [6.07, 6.45) is 0.434. The van der Waals surface area contributed by atoms with Crippen molar-refractivity contribution in [3.05, 3.63) is 53.1 Å². The van der Waals surface area contributed by atoms with Crippen LogP contribution < -0.4 is 9.64 Å². The number of anilines is 1. The zero-order chi connectivity index (χ0) is 19.4. The molecular formula is C19H19ClN2O4S. The molecule has 6 nitrogen and oxygen atoms in total. The van der Waals surface area contributed by atoms with Crippen LogP contribution in [0.5, 0.6) is 5.75 Å². The maximum atomic E-state index is 13.1. The SMILES string of the molecule is COc1ccc2c(c1)C1(CCN(S(=O)(=O)c3ccc(Cl)cc3)C1)C(=O)N2C. The molecule has 0 saturated carbocycles. The minimum absolute atomic E-state index is 0.0837. The van der Waals surface area contributed by atoms with E-state index in [-0.39, 0.29) is 23.9 Å². The van der Waals surface area contributed by atoms with Gasteiger partial charge in [0.2, 0.25) is 15.9 Å². The molecule has 2 aliphatic rings. The second-order valence-electron chi connectivity index (χ2n) is 6.87. The zero-order valence-corrected chi connectivity index (χ0v) is 16.5. The Morgan fingerprint density at radius 3 is 2.52 bits per heavy atom. The van der Waals surface area contributed by atoms with E-state index in [4.69, 9.17) is 16.3 Å². The predicted molar refractivity (Wildman–Crippen MR) is 103 cm³/mol. The molecule has 8 heteroatoms.